The lowest BCUT2D eigenvalue weighted by molar-refractivity contribution is 0.0938. The van der Waals surface area contributed by atoms with E-state index >= 15 is 0 Å². The van der Waals surface area contributed by atoms with Crippen molar-refractivity contribution in [2.24, 2.45) is 0 Å². The Kier molecular flexibility index (Phi) is 2.99. The lowest BCUT2D eigenvalue weighted by atomic mass is 10.2. The van der Waals surface area contributed by atoms with Crippen molar-refractivity contribution in [3.8, 4) is 5.75 Å². The van der Waals surface area contributed by atoms with Gasteiger partial charge >= 0.3 is 0 Å². The first kappa shape index (κ1) is 11.1. The van der Waals surface area contributed by atoms with Crippen LogP contribution in [0, 0.1) is 0 Å². The highest BCUT2D eigenvalue weighted by Gasteiger charge is 2.14. The minimum Gasteiger partial charge on any atom is -0.508 e. The van der Waals surface area contributed by atoms with Crippen LogP contribution in [0.1, 0.15) is 29.1 Å². The Balaban J connectivity index is 2.04. The molecule has 2 aromatic rings. The van der Waals surface area contributed by atoms with Gasteiger partial charge in [0.2, 0.25) is 0 Å². The van der Waals surface area contributed by atoms with E-state index in [9.17, 15) is 4.79 Å². The van der Waals surface area contributed by atoms with Crippen LogP contribution in [-0.2, 0) is 0 Å². The Morgan fingerprint density at radius 1 is 1.41 bits per heavy atom. The number of aromatic amines is 1. The number of phenols is 1. The van der Waals surface area contributed by atoms with Gasteiger partial charge in [0.05, 0.1) is 6.04 Å². The molecule has 0 saturated carbocycles. The van der Waals surface area contributed by atoms with Gasteiger partial charge in [0.25, 0.3) is 5.91 Å². The van der Waals surface area contributed by atoms with Gasteiger partial charge in [-0.05, 0) is 31.2 Å². The molecule has 0 aliphatic carbocycles. The van der Waals surface area contributed by atoms with E-state index in [0.29, 0.717) is 11.4 Å². The molecule has 0 saturated heterocycles. The number of hydrogen-bond donors (Lipinski definition) is 3. The van der Waals surface area contributed by atoms with Crippen LogP contribution in [0.25, 0.3) is 0 Å². The average molecular weight is 233 g/mol. The fourth-order valence-electron chi connectivity index (χ4n) is 1.31. The molecular weight excluding hydrogens is 222 g/mol. The smallest absolute Gasteiger partial charge is 0.251 e. The molecule has 0 aliphatic heterocycles. The van der Waals surface area contributed by atoms with Crippen LogP contribution in [0.4, 0.5) is 0 Å². The third-order valence-corrected chi connectivity index (χ3v) is 2.23. The van der Waals surface area contributed by atoms with E-state index in [-0.39, 0.29) is 17.7 Å². The number of amides is 1. The number of aromatic hydroxyl groups is 1. The molecule has 1 atom stereocenters. The molecule has 0 bridgehead atoms. The molecule has 1 unspecified atom stereocenters. The van der Waals surface area contributed by atoms with E-state index < -0.39 is 0 Å². The normalized spacial score (nSPS) is 12.1. The second kappa shape index (κ2) is 4.60. The number of nitrogens with one attached hydrogen (secondary N) is 2. The summed E-state index contributed by atoms with van der Waals surface area (Å²) >= 11 is 0. The fraction of sp³-hybridized carbons (Fsp3) is 0.200. The number of phenolic OH excluding ortho intramolecular Hbond substituents is 1. The SMILES string of the molecule is CC(NC(=O)c1ccc(O)cc1)c1nn[nH]n1. The first-order chi connectivity index (χ1) is 8.16. The molecule has 2 rings (SSSR count). The zero-order valence-electron chi connectivity index (χ0n) is 9.08. The quantitative estimate of drug-likeness (QED) is 0.711. The molecule has 0 fully saturated rings. The van der Waals surface area contributed by atoms with Crippen LogP contribution < -0.4 is 5.32 Å². The molecule has 0 radical (unpaired) electrons. The van der Waals surface area contributed by atoms with Crippen molar-refractivity contribution in [2.45, 2.75) is 13.0 Å². The maximum absolute atomic E-state index is 11.8. The molecule has 7 heteroatoms. The number of aromatic nitrogens is 4. The first-order valence-corrected chi connectivity index (χ1v) is 5.00. The summed E-state index contributed by atoms with van der Waals surface area (Å²) in [6.45, 7) is 1.75. The zero-order valence-corrected chi connectivity index (χ0v) is 9.08. The van der Waals surface area contributed by atoms with Crippen molar-refractivity contribution >= 4 is 5.91 Å². The van der Waals surface area contributed by atoms with Gasteiger partial charge in [-0.3, -0.25) is 4.79 Å². The summed E-state index contributed by atoms with van der Waals surface area (Å²) in [4.78, 5) is 11.8. The molecule has 1 amide bonds. The first-order valence-electron chi connectivity index (χ1n) is 5.00. The number of tetrazole rings is 1. The molecule has 1 aromatic carbocycles. The fourth-order valence-corrected chi connectivity index (χ4v) is 1.31. The molecular formula is C10H11N5O2. The van der Waals surface area contributed by atoms with Crippen LogP contribution in [0.3, 0.4) is 0 Å². The van der Waals surface area contributed by atoms with E-state index in [1.807, 2.05) is 0 Å². The third kappa shape index (κ3) is 2.57. The largest absolute Gasteiger partial charge is 0.508 e. The lowest BCUT2D eigenvalue weighted by Crippen LogP contribution is -2.27. The van der Waals surface area contributed by atoms with Crippen molar-refractivity contribution in [3.63, 3.8) is 0 Å². The molecule has 3 N–H and O–H groups in total. The topological polar surface area (TPSA) is 104 Å². The van der Waals surface area contributed by atoms with E-state index in [1.165, 1.54) is 24.3 Å². The summed E-state index contributed by atoms with van der Waals surface area (Å²) < 4.78 is 0. The minimum absolute atomic E-state index is 0.118. The van der Waals surface area contributed by atoms with E-state index in [1.54, 1.807) is 6.92 Å². The summed E-state index contributed by atoms with van der Waals surface area (Å²) in [5.74, 6) is 0.271. The van der Waals surface area contributed by atoms with Gasteiger partial charge in [-0.2, -0.15) is 5.21 Å². The monoisotopic (exact) mass is 233 g/mol. The maximum Gasteiger partial charge on any atom is 0.251 e. The van der Waals surface area contributed by atoms with Gasteiger partial charge in [-0.25, -0.2) is 0 Å². The third-order valence-electron chi connectivity index (χ3n) is 2.23. The van der Waals surface area contributed by atoms with E-state index in [4.69, 9.17) is 5.11 Å². The second-order valence-electron chi connectivity index (χ2n) is 3.51. The van der Waals surface area contributed by atoms with Crippen LogP contribution in [0.15, 0.2) is 24.3 Å². The maximum atomic E-state index is 11.8. The number of hydrogen-bond acceptors (Lipinski definition) is 5. The minimum atomic E-state index is -0.338. The number of carbonyl (C=O) groups is 1. The van der Waals surface area contributed by atoms with Crippen molar-refractivity contribution in [1.29, 1.82) is 0 Å². The van der Waals surface area contributed by atoms with Crippen LogP contribution in [0.5, 0.6) is 5.75 Å². The predicted octanol–water partition coefficient (Wildman–Crippen LogP) is 0.396. The van der Waals surface area contributed by atoms with Gasteiger partial charge in [-0.1, -0.05) is 5.21 Å². The Morgan fingerprint density at radius 3 is 2.71 bits per heavy atom. The van der Waals surface area contributed by atoms with Gasteiger partial charge in [0.15, 0.2) is 5.82 Å². The van der Waals surface area contributed by atoms with Crippen LogP contribution in [0.2, 0.25) is 0 Å². The molecule has 1 heterocycles. The number of benzene rings is 1. The van der Waals surface area contributed by atoms with Gasteiger partial charge in [0, 0.05) is 5.56 Å². The number of H-pyrrole nitrogens is 1. The van der Waals surface area contributed by atoms with E-state index in [2.05, 4.69) is 25.9 Å². The standard InChI is InChI=1S/C10H11N5O2/c1-6(9-12-14-15-13-9)11-10(17)7-2-4-8(16)5-3-7/h2-6,16H,1H3,(H,11,17)(H,12,13,14,15). The highest BCUT2D eigenvalue weighted by atomic mass is 16.3. The Bertz CT molecular complexity index is 494. The summed E-state index contributed by atoms with van der Waals surface area (Å²) in [6.07, 6.45) is 0. The number of nitrogens with zero attached hydrogens (tertiary/aromatic N) is 3. The van der Waals surface area contributed by atoms with Crippen molar-refractivity contribution < 1.29 is 9.90 Å². The Morgan fingerprint density at radius 2 is 2.12 bits per heavy atom. The second-order valence-corrected chi connectivity index (χ2v) is 3.51. The highest BCUT2D eigenvalue weighted by Crippen LogP contribution is 2.11. The summed E-state index contributed by atoms with van der Waals surface area (Å²) in [6, 6.07) is 5.64. The van der Waals surface area contributed by atoms with Gasteiger partial charge in [-0.15, -0.1) is 10.2 Å². The van der Waals surface area contributed by atoms with Crippen molar-refractivity contribution in [2.75, 3.05) is 0 Å². The van der Waals surface area contributed by atoms with E-state index in [0.717, 1.165) is 0 Å². The molecule has 88 valence electrons. The number of carbonyl (C=O) groups excluding carboxylic acids is 1. The van der Waals surface area contributed by atoms with Crippen molar-refractivity contribution in [1.82, 2.24) is 25.9 Å². The zero-order chi connectivity index (χ0) is 12.3. The highest BCUT2D eigenvalue weighted by molar-refractivity contribution is 5.94. The average Bonchev–Trinajstić information content (AvgIpc) is 2.83. The Labute approximate surface area is 96.9 Å². The molecule has 0 spiro atoms. The summed E-state index contributed by atoms with van der Waals surface area (Å²) in [7, 11) is 0. The predicted molar refractivity (Wildman–Crippen MR) is 58.2 cm³/mol. The van der Waals surface area contributed by atoms with Gasteiger partial charge < -0.3 is 10.4 Å². The lowest BCUT2D eigenvalue weighted by Gasteiger charge is -2.09. The number of rotatable bonds is 3. The van der Waals surface area contributed by atoms with Crippen LogP contribution in [-0.4, -0.2) is 31.6 Å². The molecule has 0 aliphatic rings. The molecule has 1 aromatic heterocycles. The summed E-state index contributed by atoms with van der Waals surface area (Å²) in [5, 5.41) is 25.1. The Hall–Kier alpha value is -2.44. The van der Waals surface area contributed by atoms with Crippen molar-refractivity contribution in [3.05, 3.63) is 35.7 Å². The van der Waals surface area contributed by atoms with Crippen LogP contribution >= 0.6 is 0 Å². The molecule has 7 nitrogen and oxygen atoms in total. The van der Waals surface area contributed by atoms with Gasteiger partial charge in [0.1, 0.15) is 5.75 Å². The molecule has 17 heavy (non-hydrogen) atoms. The summed E-state index contributed by atoms with van der Waals surface area (Å²) in [5.41, 5.74) is 0.457.